The Hall–Kier alpha value is -4.91. The lowest BCUT2D eigenvalue weighted by atomic mass is 10.1. The molecule has 3 aromatic heterocycles. The van der Waals surface area contributed by atoms with Crippen molar-refractivity contribution >= 4 is 46.8 Å². The predicted molar refractivity (Wildman–Crippen MR) is 145 cm³/mol. The van der Waals surface area contributed by atoms with Gasteiger partial charge in [-0.2, -0.15) is 31.8 Å². The number of aromatic nitrogens is 7. The van der Waals surface area contributed by atoms with Crippen molar-refractivity contribution in [3.63, 3.8) is 0 Å². The Labute approximate surface area is 259 Å². The number of carbonyl (C=O) groups is 3. The number of ether oxygens (including phenoxy) is 1. The van der Waals surface area contributed by atoms with Crippen LogP contribution in [0.3, 0.4) is 0 Å². The summed E-state index contributed by atoms with van der Waals surface area (Å²) >= 11 is 12.4. The Bertz CT molecular complexity index is 1780. The minimum atomic E-state index is -5.96. The largest absolute Gasteiger partial charge is 0.461 e. The van der Waals surface area contributed by atoms with E-state index in [4.69, 9.17) is 23.2 Å². The summed E-state index contributed by atoms with van der Waals surface area (Å²) in [7, 11) is 2.31. The van der Waals surface area contributed by atoms with Crippen molar-refractivity contribution in [2.24, 2.45) is 0 Å². The maximum atomic E-state index is 13.7. The summed E-state index contributed by atoms with van der Waals surface area (Å²) in [6, 6.07) is 6.74. The molecule has 0 saturated carbocycles. The molecular weight excluding hydrogens is 658 g/mol. The number of carbonyl (C=O) groups excluding carboxylic acids is 3. The summed E-state index contributed by atoms with van der Waals surface area (Å²) in [5.74, 6) is -9.07. The Balaban J connectivity index is 1.72. The zero-order chi connectivity index (χ0) is 33.3. The number of alkyl halides is 5. The highest BCUT2D eigenvalue weighted by Crippen LogP contribution is 2.41. The van der Waals surface area contributed by atoms with Crippen molar-refractivity contribution in [2.45, 2.75) is 25.6 Å². The molecule has 0 aliphatic carbocycles. The third kappa shape index (κ3) is 6.93. The molecule has 0 atom stereocenters. The predicted octanol–water partition coefficient (Wildman–Crippen LogP) is 4.17. The van der Waals surface area contributed by atoms with Gasteiger partial charge in [-0.3, -0.25) is 15.0 Å². The van der Waals surface area contributed by atoms with Crippen LogP contribution in [0.25, 0.3) is 5.82 Å². The molecule has 14 nitrogen and oxygen atoms in total. The van der Waals surface area contributed by atoms with Crippen molar-refractivity contribution in [3.05, 3.63) is 74.9 Å². The van der Waals surface area contributed by atoms with Gasteiger partial charge in [0.1, 0.15) is 12.2 Å². The molecule has 0 spiro atoms. The van der Waals surface area contributed by atoms with Gasteiger partial charge in [-0.05, 0) is 48.0 Å². The molecule has 238 valence electrons. The number of nitrogens with one attached hydrogen (secondary N) is 2. The SMILES string of the molecule is COC(=O)N(C)NC(=O)c1cc(Cl)cc(C)c1NC(=O)c1cc(Cn2nnc(C(F)(F)C(F)(F)F)n2)nn1-c1ncccc1Cl. The van der Waals surface area contributed by atoms with E-state index in [1.807, 2.05) is 0 Å². The minimum absolute atomic E-state index is 0.0285. The number of nitrogens with zero attached hydrogens (tertiary/aromatic N) is 8. The average Bonchev–Trinajstić information content (AvgIpc) is 3.61. The Morgan fingerprint density at radius 3 is 2.42 bits per heavy atom. The number of hydrazine groups is 1. The number of pyridine rings is 1. The van der Waals surface area contributed by atoms with Crippen molar-refractivity contribution in [1.29, 1.82) is 0 Å². The van der Waals surface area contributed by atoms with Gasteiger partial charge in [0.15, 0.2) is 5.82 Å². The second kappa shape index (κ2) is 12.6. The average molecular weight is 677 g/mol. The lowest BCUT2D eigenvalue weighted by molar-refractivity contribution is -0.292. The molecule has 0 aliphatic rings. The molecule has 21 heteroatoms. The highest BCUT2D eigenvalue weighted by molar-refractivity contribution is 6.32. The smallest absolute Gasteiger partial charge is 0.452 e. The van der Waals surface area contributed by atoms with Gasteiger partial charge < -0.3 is 10.1 Å². The molecule has 0 bridgehead atoms. The van der Waals surface area contributed by atoms with Gasteiger partial charge in [0, 0.05) is 18.3 Å². The quantitative estimate of drug-likeness (QED) is 0.216. The molecule has 0 aliphatic heterocycles. The van der Waals surface area contributed by atoms with Gasteiger partial charge in [0.05, 0.1) is 29.1 Å². The normalized spacial score (nSPS) is 11.7. The highest BCUT2D eigenvalue weighted by atomic mass is 35.5. The molecule has 0 saturated heterocycles. The summed E-state index contributed by atoms with van der Waals surface area (Å²) in [6.45, 7) is 0.928. The van der Waals surface area contributed by atoms with Crippen LogP contribution in [0.15, 0.2) is 36.5 Å². The van der Waals surface area contributed by atoms with Crippen molar-refractivity contribution in [1.82, 2.24) is 45.4 Å². The van der Waals surface area contributed by atoms with E-state index in [0.717, 1.165) is 22.9 Å². The molecular formula is C24H19Cl2F5N10O4. The van der Waals surface area contributed by atoms with E-state index < -0.39 is 42.4 Å². The van der Waals surface area contributed by atoms with Crippen LogP contribution in [0, 0.1) is 6.92 Å². The van der Waals surface area contributed by atoms with E-state index in [9.17, 15) is 36.3 Å². The number of rotatable bonds is 7. The van der Waals surface area contributed by atoms with Gasteiger partial charge in [-0.25, -0.2) is 19.5 Å². The van der Waals surface area contributed by atoms with Crippen LogP contribution >= 0.6 is 23.2 Å². The molecule has 4 aromatic rings. The molecule has 0 fully saturated rings. The number of methoxy groups -OCH3 is 1. The summed E-state index contributed by atoms with van der Waals surface area (Å²) in [5, 5.41) is 16.8. The summed E-state index contributed by atoms with van der Waals surface area (Å²) in [5.41, 5.74) is 2.04. The van der Waals surface area contributed by atoms with Crippen LogP contribution in [0.1, 0.15) is 37.9 Å². The number of benzene rings is 1. The van der Waals surface area contributed by atoms with E-state index in [0.29, 0.717) is 10.4 Å². The molecule has 2 N–H and O–H groups in total. The van der Waals surface area contributed by atoms with Crippen molar-refractivity contribution < 1.29 is 41.1 Å². The fourth-order valence-electron chi connectivity index (χ4n) is 3.73. The highest BCUT2D eigenvalue weighted by Gasteiger charge is 2.62. The van der Waals surface area contributed by atoms with Crippen LogP contribution in [-0.4, -0.2) is 78.2 Å². The maximum Gasteiger partial charge on any atom is 0.461 e. The maximum absolute atomic E-state index is 13.7. The molecule has 1 aromatic carbocycles. The molecule has 0 unspecified atom stereocenters. The summed E-state index contributed by atoms with van der Waals surface area (Å²) < 4.78 is 71.1. The molecule has 3 amide bonds. The monoisotopic (exact) mass is 676 g/mol. The Morgan fingerprint density at radius 1 is 1.07 bits per heavy atom. The van der Waals surface area contributed by atoms with Gasteiger partial charge in [-0.1, -0.05) is 23.2 Å². The van der Waals surface area contributed by atoms with Crippen molar-refractivity contribution in [2.75, 3.05) is 19.5 Å². The van der Waals surface area contributed by atoms with Crippen LogP contribution in [-0.2, 0) is 17.2 Å². The molecule has 3 heterocycles. The lowest BCUT2D eigenvalue weighted by Gasteiger charge is -2.19. The number of amides is 3. The number of hydrogen-bond donors (Lipinski definition) is 2. The number of tetrazole rings is 1. The molecule has 0 radical (unpaired) electrons. The van der Waals surface area contributed by atoms with Gasteiger partial charge in [0.25, 0.3) is 17.6 Å². The topological polar surface area (TPSA) is 162 Å². The van der Waals surface area contributed by atoms with E-state index in [1.54, 1.807) is 0 Å². The number of hydrogen-bond acceptors (Lipinski definition) is 9. The number of anilines is 1. The second-order valence-electron chi connectivity index (χ2n) is 9.03. The van der Waals surface area contributed by atoms with Crippen LogP contribution < -0.4 is 10.7 Å². The van der Waals surface area contributed by atoms with Crippen molar-refractivity contribution in [3.8, 4) is 5.82 Å². The van der Waals surface area contributed by atoms with E-state index >= 15 is 0 Å². The van der Waals surface area contributed by atoms with E-state index in [1.165, 1.54) is 44.4 Å². The first kappa shape index (κ1) is 33.0. The molecule has 4 rings (SSSR count). The summed E-state index contributed by atoms with van der Waals surface area (Å²) in [4.78, 5) is 43.0. The first-order valence-electron chi connectivity index (χ1n) is 12.2. The lowest BCUT2D eigenvalue weighted by Crippen LogP contribution is -2.43. The fraction of sp³-hybridized carbons (Fsp3) is 0.250. The van der Waals surface area contributed by atoms with Gasteiger partial charge in [-0.15, -0.1) is 10.2 Å². The van der Waals surface area contributed by atoms with Gasteiger partial charge >= 0.3 is 18.2 Å². The molecule has 45 heavy (non-hydrogen) atoms. The van der Waals surface area contributed by atoms with E-state index in [2.05, 4.69) is 41.0 Å². The third-order valence-electron chi connectivity index (χ3n) is 5.83. The first-order valence-corrected chi connectivity index (χ1v) is 13.0. The summed E-state index contributed by atoms with van der Waals surface area (Å²) in [6.07, 6.45) is -5.53. The van der Waals surface area contributed by atoms with E-state index in [-0.39, 0.29) is 38.5 Å². The zero-order valence-electron chi connectivity index (χ0n) is 23.0. The second-order valence-corrected chi connectivity index (χ2v) is 9.87. The number of halogens is 7. The Kier molecular flexibility index (Phi) is 9.24. The third-order valence-corrected chi connectivity index (χ3v) is 6.34. The van der Waals surface area contributed by atoms with Gasteiger partial charge in [0.2, 0.25) is 0 Å². The Morgan fingerprint density at radius 2 is 1.78 bits per heavy atom. The first-order chi connectivity index (χ1) is 21.0. The van der Waals surface area contributed by atoms with Crippen LogP contribution in [0.5, 0.6) is 0 Å². The van der Waals surface area contributed by atoms with Crippen LogP contribution in [0.4, 0.5) is 32.4 Å². The number of aryl methyl sites for hydroxylation is 1. The zero-order valence-corrected chi connectivity index (χ0v) is 24.5. The fourth-order valence-corrected chi connectivity index (χ4v) is 4.21. The standard InChI is InChI=1S/C24H19Cl2F5N10O4/c1-11-7-12(25)8-14(19(42)36-39(2)22(44)45-3)17(11)33-20(43)16-9-13(35-41(16)18-15(26)5-4-6-32-18)10-40-37-21(34-38-40)23(27,28)24(29,30)31/h4-9H,10H2,1-3H3,(H,33,43)(H,36,42). The minimum Gasteiger partial charge on any atom is -0.452 e. The van der Waals surface area contributed by atoms with Crippen LogP contribution in [0.2, 0.25) is 10.0 Å².